The highest BCUT2D eigenvalue weighted by Gasteiger charge is 2.44. The molecule has 1 aliphatic rings. The zero-order chi connectivity index (χ0) is 39.4. The maximum atomic E-state index is 15.1. The van der Waals surface area contributed by atoms with E-state index in [1.165, 1.54) is 24.1 Å². The van der Waals surface area contributed by atoms with Crippen LogP contribution in [0.1, 0.15) is 94.0 Å². The normalized spacial score (nSPS) is 16.0. The van der Waals surface area contributed by atoms with Crippen LogP contribution < -0.4 is 5.32 Å². The van der Waals surface area contributed by atoms with E-state index in [0.717, 1.165) is 11.1 Å². The highest BCUT2D eigenvalue weighted by molar-refractivity contribution is 6.31. The van der Waals surface area contributed by atoms with Crippen molar-refractivity contribution in [2.45, 2.75) is 105 Å². The SMILES string of the molecule is CC(C(=O)NC(C(=O)N1Cc2ccccc2CC1C(=O)N(Cc1ccc(C(=O)O)cc1)C(C)c1ccccc1Cl)C(C)(C)C)N(C)C(=O)OC(C)(C)C. The third-order valence-electron chi connectivity index (χ3n) is 9.52. The zero-order valence-electron chi connectivity index (χ0n) is 32.0. The number of hydrogen-bond donors (Lipinski definition) is 2. The van der Waals surface area contributed by atoms with Gasteiger partial charge in [0.1, 0.15) is 23.7 Å². The summed E-state index contributed by atoms with van der Waals surface area (Å²) in [4.78, 5) is 72.4. The first-order valence-electron chi connectivity index (χ1n) is 17.7. The predicted octanol–water partition coefficient (Wildman–Crippen LogP) is 6.87. The van der Waals surface area contributed by atoms with Crippen LogP contribution in [0.3, 0.4) is 0 Å². The van der Waals surface area contributed by atoms with Gasteiger partial charge in [-0.25, -0.2) is 9.59 Å². The van der Waals surface area contributed by atoms with Crippen molar-refractivity contribution in [1.29, 1.82) is 0 Å². The Hall–Kier alpha value is -4.90. The number of carboxylic acid groups (broad SMARTS) is 1. The van der Waals surface area contributed by atoms with Gasteiger partial charge in [0.15, 0.2) is 0 Å². The molecule has 0 radical (unpaired) electrons. The second kappa shape index (κ2) is 16.4. The van der Waals surface area contributed by atoms with Gasteiger partial charge >= 0.3 is 12.1 Å². The standard InChI is InChI=1S/C41H51ClN4O7/c1-25(31-16-12-13-17-32(31)42)45(23-27-18-20-28(21-19-27)38(50)51)36(48)33-22-29-14-10-11-15-30(29)24-46(33)37(49)34(40(3,4)5)43-35(47)26(2)44(9)39(52)53-41(6,7)8/h10-21,25-26,33-34H,22-24H2,1-9H3,(H,43,47)(H,50,51). The molecule has 53 heavy (non-hydrogen) atoms. The van der Waals surface area contributed by atoms with Crippen LogP contribution >= 0.6 is 11.6 Å². The summed E-state index contributed by atoms with van der Waals surface area (Å²) in [5.41, 5.74) is 1.77. The van der Waals surface area contributed by atoms with E-state index in [1.807, 2.05) is 64.1 Å². The van der Waals surface area contributed by atoms with Crippen molar-refractivity contribution >= 4 is 41.4 Å². The fourth-order valence-corrected chi connectivity index (χ4v) is 6.54. The molecule has 0 aromatic heterocycles. The van der Waals surface area contributed by atoms with Gasteiger partial charge in [-0.3, -0.25) is 19.3 Å². The van der Waals surface area contributed by atoms with Crippen molar-refractivity contribution < 1.29 is 33.8 Å². The molecule has 4 atom stereocenters. The van der Waals surface area contributed by atoms with E-state index >= 15 is 4.79 Å². The zero-order valence-corrected chi connectivity index (χ0v) is 32.7. The molecule has 12 heteroatoms. The number of nitrogens with one attached hydrogen (secondary N) is 1. The van der Waals surface area contributed by atoms with Gasteiger partial charge in [-0.05, 0) is 80.5 Å². The number of carbonyl (C=O) groups excluding carboxylic acids is 4. The maximum Gasteiger partial charge on any atom is 0.410 e. The number of aromatic carboxylic acids is 1. The first kappa shape index (κ1) is 40.9. The predicted molar refractivity (Wildman–Crippen MR) is 203 cm³/mol. The van der Waals surface area contributed by atoms with Crippen LogP contribution in [-0.2, 0) is 38.6 Å². The van der Waals surface area contributed by atoms with Crippen LogP contribution in [0.5, 0.6) is 0 Å². The molecule has 4 rings (SSSR count). The number of nitrogens with zero attached hydrogens (tertiary/aromatic N) is 3. The van der Waals surface area contributed by atoms with Gasteiger partial charge in [0, 0.05) is 31.6 Å². The monoisotopic (exact) mass is 746 g/mol. The van der Waals surface area contributed by atoms with Crippen molar-refractivity contribution in [2.75, 3.05) is 7.05 Å². The molecule has 0 bridgehead atoms. The number of benzene rings is 3. The van der Waals surface area contributed by atoms with E-state index in [1.54, 1.807) is 61.8 Å². The Bertz CT molecular complexity index is 1830. The Labute approximate surface area is 317 Å². The van der Waals surface area contributed by atoms with Crippen LogP contribution in [0.2, 0.25) is 5.02 Å². The van der Waals surface area contributed by atoms with Crippen LogP contribution in [-0.4, -0.2) is 80.4 Å². The third kappa shape index (κ3) is 9.95. The summed E-state index contributed by atoms with van der Waals surface area (Å²) in [6.07, 6.45) is -0.449. The van der Waals surface area contributed by atoms with Crippen LogP contribution in [0.4, 0.5) is 4.79 Å². The van der Waals surface area contributed by atoms with Gasteiger partial charge in [0.25, 0.3) is 0 Å². The van der Waals surface area contributed by atoms with Gasteiger partial charge in [0.05, 0.1) is 11.6 Å². The molecule has 0 spiro atoms. The quantitative estimate of drug-likeness (QED) is 0.231. The summed E-state index contributed by atoms with van der Waals surface area (Å²) in [5, 5.41) is 12.8. The van der Waals surface area contributed by atoms with Gasteiger partial charge in [-0.15, -0.1) is 0 Å². The number of hydrogen-bond acceptors (Lipinski definition) is 6. The Morgan fingerprint density at radius 2 is 1.49 bits per heavy atom. The second-order valence-corrected chi connectivity index (χ2v) is 16.1. The van der Waals surface area contributed by atoms with Gasteiger partial charge in [-0.2, -0.15) is 0 Å². The minimum Gasteiger partial charge on any atom is -0.478 e. The van der Waals surface area contributed by atoms with Crippen molar-refractivity contribution in [1.82, 2.24) is 20.0 Å². The molecular weight excluding hydrogens is 696 g/mol. The van der Waals surface area contributed by atoms with E-state index in [2.05, 4.69) is 5.32 Å². The van der Waals surface area contributed by atoms with Gasteiger partial charge < -0.3 is 25.0 Å². The summed E-state index contributed by atoms with van der Waals surface area (Å²) < 4.78 is 5.45. The molecule has 0 fully saturated rings. The molecular formula is C41H51ClN4O7. The van der Waals surface area contributed by atoms with Crippen LogP contribution in [0, 0.1) is 5.41 Å². The minimum atomic E-state index is -1.07. The number of likely N-dealkylation sites (N-methyl/N-ethyl adjacent to an activating group) is 1. The molecule has 4 unspecified atom stereocenters. The second-order valence-electron chi connectivity index (χ2n) is 15.7. The number of fused-ring (bicyclic) bond motifs is 1. The summed E-state index contributed by atoms with van der Waals surface area (Å²) in [6.45, 7) is 14.4. The molecule has 0 saturated carbocycles. The Morgan fingerprint density at radius 3 is 2.06 bits per heavy atom. The number of rotatable bonds is 10. The van der Waals surface area contributed by atoms with Crippen LogP contribution in [0.15, 0.2) is 72.8 Å². The lowest BCUT2D eigenvalue weighted by Gasteiger charge is -2.43. The smallest absolute Gasteiger partial charge is 0.410 e. The summed E-state index contributed by atoms with van der Waals surface area (Å²) in [5.74, 6) is -2.39. The molecule has 0 saturated heterocycles. The fourth-order valence-electron chi connectivity index (χ4n) is 6.25. The average Bonchev–Trinajstić information content (AvgIpc) is 3.09. The van der Waals surface area contributed by atoms with Gasteiger partial charge in [-0.1, -0.05) is 87.0 Å². The van der Waals surface area contributed by atoms with E-state index in [9.17, 15) is 24.3 Å². The topological polar surface area (TPSA) is 137 Å². The number of carboxylic acids is 1. The summed E-state index contributed by atoms with van der Waals surface area (Å²) in [6, 6.07) is 17.7. The minimum absolute atomic E-state index is 0.110. The Kier molecular flexibility index (Phi) is 12.7. The molecule has 11 nitrogen and oxygen atoms in total. The average molecular weight is 747 g/mol. The van der Waals surface area contributed by atoms with Crippen molar-refractivity contribution in [3.05, 3.63) is 106 Å². The Morgan fingerprint density at radius 1 is 0.906 bits per heavy atom. The van der Waals surface area contributed by atoms with Crippen LogP contribution in [0.25, 0.3) is 0 Å². The Balaban J connectivity index is 1.73. The van der Waals surface area contributed by atoms with E-state index in [-0.39, 0.29) is 31.0 Å². The van der Waals surface area contributed by atoms with E-state index in [0.29, 0.717) is 16.1 Å². The lowest BCUT2D eigenvalue weighted by molar-refractivity contribution is -0.152. The molecule has 3 aromatic carbocycles. The molecule has 4 amide bonds. The van der Waals surface area contributed by atoms with Crippen molar-refractivity contribution in [3.8, 4) is 0 Å². The first-order valence-corrected chi connectivity index (χ1v) is 18.1. The molecule has 1 aliphatic heterocycles. The fraction of sp³-hybridized carbons (Fsp3) is 0.439. The van der Waals surface area contributed by atoms with Gasteiger partial charge in [0.2, 0.25) is 17.7 Å². The molecule has 3 aromatic rings. The van der Waals surface area contributed by atoms with Crippen molar-refractivity contribution in [2.24, 2.45) is 5.41 Å². The summed E-state index contributed by atoms with van der Waals surface area (Å²) in [7, 11) is 1.46. The third-order valence-corrected chi connectivity index (χ3v) is 9.86. The highest BCUT2D eigenvalue weighted by Crippen LogP contribution is 2.33. The van der Waals surface area contributed by atoms with Crippen molar-refractivity contribution in [3.63, 3.8) is 0 Å². The number of halogens is 1. The van der Waals surface area contributed by atoms with E-state index < -0.39 is 59.1 Å². The molecule has 2 N–H and O–H groups in total. The number of amides is 4. The summed E-state index contributed by atoms with van der Waals surface area (Å²) >= 11 is 6.66. The van der Waals surface area contributed by atoms with E-state index in [4.69, 9.17) is 16.3 Å². The largest absolute Gasteiger partial charge is 0.478 e. The molecule has 1 heterocycles. The molecule has 0 aliphatic carbocycles. The maximum absolute atomic E-state index is 15.1. The first-order chi connectivity index (χ1) is 24.7. The lowest BCUT2D eigenvalue weighted by atomic mass is 9.84. The lowest BCUT2D eigenvalue weighted by Crippen LogP contribution is -2.62. The highest BCUT2D eigenvalue weighted by atomic mass is 35.5. The number of ether oxygens (including phenoxy) is 1. The number of carbonyl (C=O) groups is 5. The molecule has 284 valence electrons.